The van der Waals surface area contributed by atoms with Gasteiger partial charge in [-0.3, -0.25) is 0 Å². The van der Waals surface area contributed by atoms with Gasteiger partial charge in [0.15, 0.2) is 0 Å². The molecule has 0 unspecified atom stereocenters. The van der Waals surface area contributed by atoms with Gasteiger partial charge in [-0.1, -0.05) is 37.5 Å². The third-order valence-corrected chi connectivity index (χ3v) is 5.74. The van der Waals surface area contributed by atoms with E-state index in [4.69, 9.17) is 0 Å². The third-order valence-electron chi connectivity index (χ3n) is 4.54. The van der Waals surface area contributed by atoms with Gasteiger partial charge in [-0.05, 0) is 36.8 Å². The molecule has 1 fully saturated rings. The molecule has 0 radical (unpaired) electrons. The van der Waals surface area contributed by atoms with Crippen molar-refractivity contribution in [1.82, 2.24) is 5.32 Å². The molecule has 0 spiro atoms. The summed E-state index contributed by atoms with van der Waals surface area (Å²) in [4.78, 5) is 12.0. The van der Waals surface area contributed by atoms with Crippen molar-refractivity contribution >= 4 is 27.4 Å². The molecule has 2 N–H and O–H groups in total. The van der Waals surface area contributed by atoms with E-state index in [9.17, 15) is 9.90 Å². The Bertz CT molecular complexity index is 656. The highest BCUT2D eigenvalue weighted by Crippen LogP contribution is 2.33. The Hall–Kier alpha value is -1.39. The molecule has 3 rings (SSSR count). The van der Waals surface area contributed by atoms with Gasteiger partial charge in [0.2, 0.25) is 0 Å². The van der Waals surface area contributed by atoms with Crippen LogP contribution in [-0.4, -0.2) is 16.6 Å². The average Bonchev–Trinajstić information content (AvgIpc) is 2.85. The molecule has 1 aromatic heterocycles. The fraction of sp³-hybridized carbons (Fsp3) is 0.471. The topological polar surface area (TPSA) is 49.3 Å². The van der Waals surface area contributed by atoms with E-state index >= 15 is 0 Å². The Kier molecular flexibility index (Phi) is 4.00. The Morgan fingerprint density at radius 1 is 1.29 bits per heavy atom. The zero-order valence-corrected chi connectivity index (χ0v) is 13.1. The van der Waals surface area contributed by atoms with E-state index in [0.29, 0.717) is 11.4 Å². The summed E-state index contributed by atoms with van der Waals surface area (Å²) in [5.41, 5.74) is 1.09. The number of benzene rings is 1. The Morgan fingerprint density at radius 2 is 2.00 bits per heavy atom. The molecule has 1 aromatic carbocycles. The summed E-state index contributed by atoms with van der Waals surface area (Å²) in [6.07, 6.45) is 6.20. The number of aromatic carboxylic acids is 1. The minimum Gasteiger partial charge on any atom is -0.477 e. The maximum atomic E-state index is 11.5. The zero-order chi connectivity index (χ0) is 14.9. The second-order valence-corrected chi connectivity index (χ2v) is 7.24. The van der Waals surface area contributed by atoms with Gasteiger partial charge in [0.25, 0.3) is 0 Å². The maximum Gasteiger partial charge on any atom is 0.346 e. The minimum atomic E-state index is -0.818. The summed E-state index contributed by atoms with van der Waals surface area (Å²) in [6.45, 7) is 2.91. The number of hydrogen-bond acceptors (Lipinski definition) is 3. The molecule has 0 amide bonds. The number of carbonyl (C=O) groups is 1. The first-order valence-corrected chi connectivity index (χ1v) is 8.39. The van der Waals surface area contributed by atoms with Crippen LogP contribution in [0, 0.1) is 0 Å². The molecule has 0 aliphatic heterocycles. The molecule has 0 atom stereocenters. The summed E-state index contributed by atoms with van der Waals surface area (Å²) < 4.78 is 1.06. The smallest absolute Gasteiger partial charge is 0.346 e. The van der Waals surface area contributed by atoms with Crippen molar-refractivity contribution in [2.45, 2.75) is 51.1 Å². The normalized spacial score (nSPS) is 18.0. The first-order valence-electron chi connectivity index (χ1n) is 7.58. The lowest BCUT2D eigenvalue weighted by Crippen LogP contribution is -2.43. The molecule has 1 aliphatic carbocycles. The van der Waals surface area contributed by atoms with Gasteiger partial charge < -0.3 is 10.4 Å². The first kappa shape index (κ1) is 14.5. The van der Waals surface area contributed by atoms with Crippen LogP contribution in [0.15, 0.2) is 24.3 Å². The fourth-order valence-electron chi connectivity index (χ4n) is 3.26. The highest BCUT2D eigenvalue weighted by atomic mass is 32.1. The van der Waals surface area contributed by atoms with E-state index in [1.54, 1.807) is 0 Å². The summed E-state index contributed by atoms with van der Waals surface area (Å²) in [5.74, 6) is -0.818. The van der Waals surface area contributed by atoms with Crippen LogP contribution in [0.5, 0.6) is 0 Å². The highest BCUT2D eigenvalue weighted by molar-refractivity contribution is 7.21. The van der Waals surface area contributed by atoms with Gasteiger partial charge in [-0.2, -0.15) is 0 Å². The summed E-state index contributed by atoms with van der Waals surface area (Å²) in [6, 6.07) is 7.97. The molecule has 21 heavy (non-hydrogen) atoms. The molecule has 1 heterocycles. The molecule has 1 aliphatic rings. The van der Waals surface area contributed by atoms with Gasteiger partial charge in [0.05, 0.1) is 0 Å². The minimum absolute atomic E-state index is 0.150. The van der Waals surface area contributed by atoms with Gasteiger partial charge in [0.1, 0.15) is 4.88 Å². The van der Waals surface area contributed by atoms with Crippen LogP contribution in [-0.2, 0) is 6.54 Å². The number of carboxylic acid groups (broad SMARTS) is 1. The molecule has 4 heteroatoms. The maximum absolute atomic E-state index is 11.5. The number of carboxylic acids is 1. The van der Waals surface area contributed by atoms with Crippen molar-refractivity contribution in [2.75, 3.05) is 0 Å². The lowest BCUT2D eigenvalue weighted by molar-refractivity contribution is 0.0700. The number of thiophene rings is 1. The standard InChI is InChI=1S/C17H21NO2S/c1-17(9-5-2-6-10-17)18-11-13-12-7-3-4-8-14(12)21-15(13)16(19)20/h3-4,7-8,18H,2,5-6,9-11H2,1H3,(H,19,20). The van der Waals surface area contributed by atoms with Gasteiger partial charge >= 0.3 is 5.97 Å². The van der Waals surface area contributed by atoms with E-state index in [2.05, 4.69) is 12.2 Å². The van der Waals surface area contributed by atoms with Crippen LogP contribution in [0.1, 0.15) is 54.3 Å². The molecule has 112 valence electrons. The monoisotopic (exact) mass is 303 g/mol. The van der Waals surface area contributed by atoms with Gasteiger partial charge in [0, 0.05) is 16.8 Å². The number of nitrogens with one attached hydrogen (secondary N) is 1. The van der Waals surface area contributed by atoms with Crippen molar-refractivity contribution in [3.05, 3.63) is 34.7 Å². The predicted molar refractivity (Wildman–Crippen MR) is 87.1 cm³/mol. The van der Waals surface area contributed by atoms with Crippen LogP contribution in [0.25, 0.3) is 10.1 Å². The van der Waals surface area contributed by atoms with Crippen LogP contribution >= 0.6 is 11.3 Å². The number of hydrogen-bond donors (Lipinski definition) is 2. The average molecular weight is 303 g/mol. The zero-order valence-electron chi connectivity index (χ0n) is 12.3. The summed E-state index contributed by atoms with van der Waals surface area (Å²) in [5, 5.41) is 14.2. The van der Waals surface area contributed by atoms with E-state index in [1.807, 2.05) is 24.3 Å². The molecular formula is C17H21NO2S. The SMILES string of the molecule is CC1(NCc2c(C(=O)O)sc3ccccc23)CCCCC1. The van der Waals surface area contributed by atoms with Gasteiger partial charge in [-0.15, -0.1) is 11.3 Å². The van der Waals surface area contributed by atoms with E-state index in [-0.39, 0.29) is 5.54 Å². The molecule has 1 saturated carbocycles. The first-order chi connectivity index (χ1) is 10.1. The van der Waals surface area contributed by atoms with Crippen LogP contribution in [0.2, 0.25) is 0 Å². The van der Waals surface area contributed by atoms with Crippen LogP contribution in [0.4, 0.5) is 0 Å². The van der Waals surface area contributed by atoms with Gasteiger partial charge in [-0.25, -0.2) is 4.79 Å². The highest BCUT2D eigenvalue weighted by Gasteiger charge is 2.27. The van der Waals surface area contributed by atoms with E-state index in [1.165, 1.54) is 43.4 Å². The Morgan fingerprint density at radius 3 is 2.71 bits per heavy atom. The molecule has 0 saturated heterocycles. The van der Waals surface area contributed by atoms with Crippen LogP contribution in [0.3, 0.4) is 0 Å². The van der Waals surface area contributed by atoms with Crippen molar-refractivity contribution < 1.29 is 9.90 Å². The van der Waals surface area contributed by atoms with Crippen molar-refractivity contribution in [3.63, 3.8) is 0 Å². The molecular weight excluding hydrogens is 282 g/mol. The number of rotatable bonds is 4. The lowest BCUT2D eigenvalue weighted by atomic mass is 9.83. The second kappa shape index (κ2) is 5.78. The Labute approximate surface area is 129 Å². The molecule has 3 nitrogen and oxygen atoms in total. The second-order valence-electron chi connectivity index (χ2n) is 6.19. The van der Waals surface area contributed by atoms with E-state index in [0.717, 1.165) is 15.6 Å². The lowest BCUT2D eigenvalue weighted by Gasteiger charge is -2.34. The van der Waals surface area contributed by atoms with E-state index < -0.39 is 5.97 Å². The predicted octanol–water partition coefficient (Wildman–Crippen LogP) is 4.41. The summed E-state index contributed by atoms with van der Waals surface area (Å²) in [7, 11) is 0. The molecule has 0 bridgehead atoms. The Balaban J connectivity index is 1.88. The quantitative estimate of drug-likeness (QED) is 0.879. The number of fused-ring (bicyclic) bond motifs is 1. The molecule has 2 aromatic rings. The van der Waals surface area contributed by atoms with Crippen molar-refractivity contribution in [2.24, 2.45) is 0 Å². The third kappa shape index (κ3) is 2.97. The van der Waals surface area contributed by atoms with Crippen molar-refractivity contribution in [1.29, 1.82) is 0 Å². The summed E-state index contributed by atoms with van der Waals surface area (Å²) >= 11 is 1.38. The van der Waals surface area contributed by atoms with Crippen molar-refractivity contribution in [3.8, 4) is 0 Å². The van der Waals surface area contributed by atoms with Crippen LogP contribution < -0.4 is 5.32 Å². The largest absolute Gasteiger partial charge is 0.477 e. The fourth-order valence-corrected chi connectivity index (χ4v) is 4.32.